The van der Waals surface area contributed by atoms with Gasteiger partial charge in [0.25, 0.3) is 5.91 Å². The Balaban J connectivity index is 0.000000472. The van der Waals surface area contributed by atoms with E-state index in [1.807, 2.05) is 33.5 Å². The number of aromatic hydroxyl groups is 1. The second kappa shape index (κ2) is 11.6. The van der Waals surface area contributed by atoms with Crippen LogP contribution in [0.2, 0.25) is 0 Å². The largest absolute Gasteiger partial charge is 0.506 e. The molecule has 1 amide bonds. The number of carbonyl (C=O) groups is 2. The lowest BCUT2D eigenvalue weighted by Crippen LogP contribution is -2.43. The van der Waals surface area contributed by atoms with E-state index in [1.54, 1.807) is 21.5 Å². The molecule has 0 bridgehead atoms. The highest BCUT2D eigenvalue weighted by Gasteiger charge is 2.38. The first kappa shape index (κ1) is 29.9. The predicted molar refractivity (Wildman–Crippen MR) is 156 cm³/mol. The maximum absolute atomic E-state index is 13.6. The van der Waals surface area contributed by atoms with E-state index < -0.39 is 12.1 Å². The van der Waals surface area contributed by atoms with Crippen LogP contribution >= 0.6 is 0 Å². The van der Waals surface area contributed by atoms with Gasteiger partial charge in [0.15, 0.2) is 0 Å². The van der Waals surface area contributed by atoms with Crippen molar-refractivity contribution in [2.45, 2.75) is 43.9 Å². The van der Waals surface area contributed by atoms with Gasteiger partial charge < -0.3 is 31.1 Å². The number of rotatable bonds is 6. The van der Waals surface area contributed by atoms with Gasteiger partial charge in [-0.25, -0.2) is 4.79 Å². The Labute approximate surface area is 244 Å². The number of aryl methyl sites for hydroxylation is 2. The van der Waals surface area contributed by atoms with Gasteiger partial charge in [0.2, 0.25) is 0 Å². The van der Waals surface area contributed by atoms with Crippen LogP contribution < -0.4 is 20.9 Å². The third kappa shape index (κ3) is 6.61. The summed E-state index contributed by atoms with van der Waals surface area (Å²) in [5.41, 5.74) is 3.87. The molecule has 230 valence electrons. The number of nitrogens with one attached hydrogen (secondary N) is 3. The van der Waals surface area contributed by atoms with Gasteiger partial charge in [0, 0.05) is 81.2 Å². The highest BCUT2D eigenvalue weighted by molar-refractivity contribution is 6.18. The maximum atomic E-state index is 13.6. The predicted octanol–water partition coefficient (Wildman–Crippen LogP) is 3.81. The van der Waals surface area contributed by atoms with Gasteiger partial charge in [-0.2, -0.15) is 23.4 Å². The summed E-state index contributed by atoms with van der Waals surface area (Å²) in [5.74, 6) is -3.12. The fourth-order valence-electron chi connectivity index (χ4n) is 5.30. The van der Waals surface area contributed by atoms with E-state index in [1.165, 1.54) is 12.8 Å². The molecule has 3 heterocycles. The summed E-state index contributed by atoms with van der Waals surface area (Å²) < 4.78 is 35.2. The molecule has 1 aliphatic heterocycles. The number of phenolic OH excluding ortho intramolecular Hbond substituents is 1. The lowest BCUT2D eigenvalue weighted by molar-refractivity contribution is -0.192. The first-order chi connectivity index (χ1) is 20.3. The number of carboxylic acid groups (broad SMARTS) is 1. The second-order valence-electron chi connectivity index (χ2n) is 10.8. The van der Waals surface area contributed by atoms with Crippen LogP contribution in [0.1, 0.15) is 36.0 Å². The number of alkyl halides is 3. The number of piperidine rings is 1. The van der Waals surface area contributed by atoms with Gasteiger partial charge in [0.1, 0.15) is 11.3 Å². The number of fused-ring (bicyclic) bond motifs is 2. The van der Waals surface area contributed by atoms with E-state index >= 15 is 0 Å². The minimum absolute atomic E-state index is 0.0304. The molecular formula is C28H33F3N8O4. The minimum Gasteiger partial charge on any atom is -0.506 e. The molecule has 1 saturated heterocycles. The zero-order valence-corrected chi connectivity index (χ0v) is 23.9. The van der Waals surface area contributed by atoms with Crippen LogP contribution in [0.3, 0.4) is 0 Å². The average Bonchev–Trinajstić information content (AvgIpc) is 3.56. The summed E-state index contributed by atoms with van der Waals surface area (Å²) in [4.78, 5) is 24.9. The normalized spacial score (nSPS) is 15.8. The summed E-state index contributed by atoms with van der Waals surface area (Å²) in [6.45, 7) is 1.92. The van der Waals surface area contributed by atoms with Gasteiger partial charge in [-0.3, -0.25) is 14.2 Å². The first-order valence-electron chi connectivity index (χ1n) is 13.8. The molecule has 2 fully saturated rings. The number of aromatic nitrogens is 4. The third-order valence-corrected chi connectivity index (χ3v) is 7.50. The Morgan fingerprint density at radius 2 is 1.58 bits per heavy atom. The smallest absolute Gasteiger partial charge is 0.490 e. The van der Waals surface area contributed by atoms with E-state index in [0.29, 0.717) is 34.0 Å². The van der Waals surface area contributed by atoms with Crippen molar-refractivity contribution in [2.75, 3.05) is 35.7 Å². The number of carboxylic acids is 1. The van der Waals surface area contributed by atoms with Crippen LogP contribution in [0.5, 0.6) is 5.75 Å². The quantitative estimate of drug-likeness (QED) is 0.208. The van der Waals surface area contributed by atoms with Gasteiger partial charge in [-0.15, -0.1) is 0 Å². The number of hydrogen-bond donors (Lipinski definition) is 5. The van der Waals surface area contributed by atoms with Crippen molar-refractivity contribution < 1.29 is 33.0 Å². The van der Waals surface area contributed by atoms with Gasteiger partial charge in [-0.1, -0.05) is 0 Å². The van der Waals surface area contributed by atoms with Crippen LogP contribution in [-0.4, -0.2) is 80.0 Å². The number of benzene rings is 2. The molecule has 1 saturated carbocycles. The summed E-state index contributed by atoms with van der Waals surface area (Å²) in [5, 5.41) is 38.3. The van der Waals surface area contributed by atoms with Crippen LogP contribution in [-0.2, 0) is 18.9 Å². The zero-order chi connectivity index (χ0) is 31.1. The monoisotopic (exact) mass is 602 g/mol. The molecule has 12 nitrogen and oxygen atoms in total. The molecule has 2 aliphatic rings. The van der Waals surface area contributed by atoms with E-state index in [9.17, 15) is 23.1 Å². The molecule has 15 heteroatoms. The van der Waals surface area contributed by atoms with Crippen LogP contribution in [0.4, 0.5) is 30.2 Å². The Morgan fingerprint density at radius 1 is 0.953 bits per heavy atom. The molecule has 2 aromatic heterocycles. The number of aliphatic carboxylic acids is 1. The maximum Gasteiger partial charge on any atom is 0.490 e. The summed E-state index contributed by atoms with van der Waals surface area (Å²) >= 11 is 0. The number of amides is 1. The summed E-state index contributed by atoms with van der Waals surface area (Å²) in [6, 6.07) is 6.65. The summed E-state index contributed by atoms with van der Waals surface area (Å²) in [6.07, 6.45) is 3.56. The second-order valence-corrected chi connectivity index (χ2v) is 10.8. The highest BCUT2D eigenvalue weighted by Crippen LogP contribution is 2.37. The molecule has 2 aromatic carbocycles. The minimum atomic E-state index is -5.08. The van der Waals surface area contributed by atoms with Crippen LogP contribution in [0.25, 0.3) is 21.8 Å². The fraction of sp³-hybridized carbons (Fsp3) is 0.429. The molecule has 4 aromatic rings. The Kier molecular flexibility index (Phi) is 8.10. The number of anilines is 3. The average molecular weight is 603 g/mol. The molecule has 1 aliphatic carbocycles. The summed E-state index contributed by atoms with van der Waals surface area (Å²) in [7, 11) is 5.51. The number of halogens is 3. The van der Waals surface area contributed by atoms with Crippen molar-refractivity contribution in [1.29, 1.82) is 0 Å². The van der Waals surface area contributed by atoms with E-state index in [2.05, 4.69) is 37.1 Å². The van der Waals surface area contributed by atoms with Crippen molar-refractivity contribution in [3.8, 4) is 5.75 Å². The van der Waals surface area contributed by atoms with E-state index in [0.717, 1.165) is 48.4 Å². The fourth-order valence-corrected chi connectivity index (χ4v) is 5.30. The Bertz CT molecular complexity index is 1670. The van der Waals surface area contributed by atoms with E-state index in [-0.39, 0.29) is 11.7 Å². The molecule has 5 N–H and O–H groups in total. The molecule has 0 atom stereocenters. The molecule has 0 radical (unpaired) electrons. The topological polar surface area (TPSA) is 150 Å². The van der Waals surface area contributed by atoms with Crippen molar-refractivity contribution >= 4 is 50.7 Å². The number of nitrogens with zero attached hydrogens (tertiary/aromatic N) is 5. The number of carbonyl (C=O) groups excluding carboxylic acids is 1. The zero-order valence-electron chi connectivity index (χ0n) is 23.9. The highest BCUT2D eigenvalue weighted by atomic mass is 19.4. The standard InChI is InChI=1S/C26H32N8O2.C2HF3O2/c1-27-21-11-22(34-8-6-17(7-9-34)28-16-4-5-16)18-14-33(3)31-25(18)24(21)26(36)29-20-10-15-13-32(2)30-19(15)12-23(20)35;3-2(4,5)1(6)7/h10-14,16-17,27-28,35H,4-9H2,1-3H3,(H,29,36);(H,6,7). The lowest BCUT2D eigenvalue weighted by atomic mass is 10.0. The van der Waals surface area contributed by atoms with E-state index in [4.69, 9.17) is 9.90 Å². The Morgan fingerprint density at radius 3 is 2.19 bits per heavy atom. The third-order valence-electron chi connectivity index (χ3n) is 7.50. The molecule has 6 rings (SSSR count). The SMILES string of the molecule is CNc1cc(N2CCC(NC3CC3)CC2)c2cn(C)nc2c1C(=O)Nc1cc2cn(C)nc2cc1O.O=C(O)C(F)(F)F. The van der Waals surface area contributed by atoms with Gasteiger partial charge in [-0.05, 0) is 37.8 Å². The van der Waals surface area contributed by atoms with Gasteiger partial charge in [0.05, 0.1) is 22.5 Å². The molecule has 0 spiro atoms. The van der Waals surface area contributed by atoms with Crippen LogP contribution in [0, 0.1) is 0 Å². The van der Waals surface area contributed by atoms with Crippen molar-refractivity contribution in [2.24, 2.45) is 14.1 Å². The van der Waals surface area contributed by atoms with Crippen molar-refractivity contribution in [3.05, 3.63) is 36.2 Å². The molecular weight excluding hydrogens is 569 g/mol. The van der Waals surface area contributed by atoms with Gasteiger partial charge >= 0.3 is 12.1 Å². The molecule has 43 heavy (non-hydrogen) atoms. The Hall–Kier alpha value is -4.53. The molecule has 0 unspecified atom stereocenters. The lowest BCUT2D eigenvalue weighted by Gasteiger charge is -2.35. The van der Waals surface area contributed by atoms with Crippen LogP contribution in [0.15, 0.2) is 30.6 Å². The number of phenols is 1. The van der Waals surface area contributed by atoms with Crippen molar-refractivity contribution in [3.63, 3.8) is 0 Å². The number of hydrogen-bond acceptors (Lipinski definition) is 8. The first-order valence-corrected chi connectivity index (χ1v) is 13.8. The van der Waals surface area contributed by atoms with Crippen molar-refractivity contribution in [1.82, 2.24) is 24.9 Å².